The highest BCUT2D eigenvalue weighted by atomic mass is 35.5. The van der Waals surface area contributed by atoms with E-state index in [2.05, 4.69) is 0 Å². The highest BCUT2D eigenvalue weighted by molar-refractivity contribution is 8.31. The van der Waals surface area contributed by atoms with Gasteiger partial charge in [0.15, 0.2) is 0 Å². The molecule has 0 unspecified atom stereocenters. The van der Waals surface area contributed by atoms with Crippen molar-refractivity contribution in [3.8, 4) is 0 Å². The van der Waals surface area contributed by atoms with Crippen molar-refractivity contribution in [2.75, 3.05) is 0 Å². The van der Waals surface area contributed by atoms with Crippen molar-refractivity contribution in [1.29, 1.82) is 0 Å². The Hall–Kier alpha value is -1.56. The molecule has 0 aromatic heterocycles. The van der Waals surface area contributed by atoms with Crippen LogP contribution < -0.4 is 0 Å². The first-order valence-corrected chi connectivity index (χ1v) is 8.43. The molecule has 0 heterocycles. The summed E-state index contributed by atoms with van der Waals surface area (Å²) in [6, 6.07) is 17.1. The summed E-state index contributed by atoms with van der Waals surface area (Å²) in [7, 11) is 0. The summed E-state index contributed by atoms with van der Waals surface area (Å²) in [5.74, 6) is 0. The maximum atomic E-state index is 12.1. The lowest BCUT2D eigenvalue weighted by Crippen LogP contribution is -2.13. The minimum Gasteiger partial charge on any atom is -0.282 e. The van der Waals surface area contributed by atoms with Gasteiger partial charge in [0.2, 0.25) is 15.5 Å². The van der Waals surface area contributed by atoms with Crippen LogP contribution in [0.4, 0.5) is 0 Å². The van der Waals surface area contributed by atoms with E-state index in [1.165, 1.54) is 0 Å². The third kappa shape index (κ3) is 4.73. The molecular formula is C16H11ClO3S2. The molecule has 3 nitrogen and oxygen atoms in total. The fourth-order valence-corrected chi connectivity index (χ4v) is 3.70. The molecule has 2 rings (SSSR count). The zero-order chi connectivity index (χ0) is 15.9. The van der Waals surface area contributed by atoms with Gasteiger partial charge in [-0.25, -0.2) is 0 Å². The Bertz CT molecular complexity index is 621. The lowest BCUT2D eigenvalue weighted by molar-refractivity contribution is -0.110. The van der Waals surface area contributed by atoms with Crippen LogP contribution in [0.1, 0.15) is 20.7 Å². The van der Waals surface area contributed by atoms with Gasteiger partial charge in [0.1, 0.15) is 4.58 Å². The molecule has 0 spiro atoms. The van der Waals surface area contributed by atoms with Gasteiger partial charge < -0.3 is 0 Å². The highest BCUT2D eigenvalue weighted by Gasteiger charge is 2.26. The normalized spacial score (nSPS) is 10.5. The summed E-state index contributed by atoms with van der Waals surface area (Å²) in [5, 5.41) is -1.33. The van der Waals surface area contributed by atoms with Gasteiger partial charge in [-0.1, -0.05) is 84.2 Å². The second kappa shape index (κ2) is 8.17. The van der Waals surface area contributed by atoms with E-state index in [0.717, 1.165) is 23.5 Å². The Labute approximate surface area is 141 Å². The van der Waals surface area contributed by atoms with E-state index in [0.29, 0.717) is 11.1 Å². The summed E-state index contributed by atoms with van der Waals surface area (Å²) in [6.45, 7) is 0. The fraction of sp³-hybridized carbons (Fsp3) is 0.0625. The predicted molar refractivity (Wildman–Crippen MR) is 91.4 cm³/mol. The molecule has 112 valence electrons. The van der Waals surface area contributed by atoms with Crippen molar-refractivity contribution in [2.24, 2.45) is 0 Å². The molecule has 0 saturated carbocycles. The fourth-order valence-electron chi connectivity index (χ4n) is 1.60. The largest absolute Gasteiger partial charge is 0.282 e. The summed E-state index contributed by atoms with van der Waals surface area (Å²) in [5.41, 5.74) is 0.923. The Morgan fingerprint density at radius 1 is 0.727 bits per heavy atom. The van der Waals surface area contributed by atoms with Crippen LogP contribution in [0.25, 0.3) is 0 Å². The third-order valence-corrected chi connectivity index (χ3v) is 5.44. The van der Waals surface area contributed by atoms with Crippen molar-refractivity contribution in [3.63, 3.8) is 0 Å². The van der Waals surface area contributed by atoms with Crippen molar-refractivity contribution >= 4 is 50.6 Å². The van der Waals surface area contributed by atoms with Crippen LogP contribution in [-0.4, -0.2) is 20.1 Å². The maximum Gasteiger partial charge on any atom is 0.245 e. The standard InChI is InChI=1S/C16H11ClO3S2/c17-13(18)16(21-14(19)11-7-3-1-4-8-11)22-15(20)12-9-5-2-6-10-12/h1-10,16H. The molecule has 2 aromatic rings. The van der Waals surface area contributed by atoms with Crippen molar-refractivity contribution < 1.29 is 14.4 Å². The van der Waals surface area contributed by atoms with Gasteiger partial charge in [-0.3, -0.25) is 14.4 Å². The Balaban J connectivity index is 2.06. The molecule has 0 N–H and O–H groups in total. The minimum absolute atomic E-state index is 0.298. The van der Waals surface area contributed by atoms with E-state index in [9.17, 15) is 14.4 Å². The topological polar surface area (TPSA) is 51.2 Å². The average molecular weight is 351 g/mol. The van der Waals surface area contributed by atoms with Gasteiger partial charge >= 0.3 is 0 Å². The van der Waals surface area contributed by atoms with E-state index in [4.69, 9.17) is 11.6 Å². The molecule has 22 heavy (non-hydrogen) atoms. The minimum atomic E-state index is -0.970. The molecule has 6 heteroatoms. The van der Waals surface area contributed by atoms with Crippen LogP contribution in [0.15, 0.2) is 60.7 Å². The number of thioether (sulfide) groups is 2. The Morgan fingerprint density at radius 2 is 1.09 bits per heavy atom. The summed E-state index contributed by atoms with van der Waals surface area (Å²) >= 11 is 7.02. The van der Waals surface area contributed by atoms with Crippen LogP contribution in [-0.2, 0) is 4.79 Å². The lowest BCUT2D eigenvalue weighted by atomic mass is 10.2. The van der Waals surface area contributed by atoms with Crippen LogP contribution in [0.2, 0.25) is 0 Å². The van der Waals surface area contributed by atoms with Crippen LogP contribution >= 0.6 is 35.1 Å². The molecule has 0 aliphatic heterocycles. The average Bonchev–Trinajstić information content (AvgIpc) is 2.55. The maximum absolute atomic E-state index is 12.1. The van der Waals surface area contributed by atoms with E-state index in [1.807, 2.05) is 0 Å². The van der Waals surface area contributed by atoms with E-state index in [1.54, 1.807) is 60.7 Å². The zero-order valence-electron chi connectivity index (χ0n) is 11.3. The SMILES string of the molecule is O=C(SC(SC(=O)c1ccccc1)C(=O)Cl)c1ccccc1. The molecule has 0 radical (unpaired) electrons. The molecule has 0 atom stereocenters. The van der Waals surface area contributed by atoms with Crippen molar-refractivity contribution in [3.05, 3.63) is 71.8 Å². The molecule has 0 saturated heterocycles. The number of carbonyl (C=O) groups excluding carboxylic acids is 3. The van der Waals surface area contributed by atoms with Crippen LogP contribution in [0, 0.1) is 0 Å². The quantitative estimate of drug-likeness (QED) is 0.596. The monoisotopic (exact) mass is 350 g/mol. The predicted octanol–water partition coefficient (Wildman–Crippen LogP) is 4.23. The van der Waals surface area contributed by atoms with E-state index in [-0.39, 0.29) is 10.2 Å². The van der Waals surface area contributed by atoms with Gasteiger partial charge in [0.25, 0.3) is 0 Å². The summed E-state index contributed by atoms with van der Waals surface area (Å²) in [6.07, 6.45) is 0. The van der Waals surface area contributed by atoms with Gasteiger partial charge in [0, 0.05) is 11.1 Å². The first-order valence-electron chi connectivity index (χ1n) is 6.29. The summed E-state index contributed by atoms with van der Waals surface area (Å²) < 4.78 is -0.970. The molecule has 0 amide bonds. The zero-order valence-corrected chi connectivity index (χ0v) is 13.7. The molecule has 0 bridgehead atoms. The molecule has 0 aliphatic rings. The van der Waals surface area contributed by atoms with Crippen LogP contribution in [0.3, 0.4) is 0 Å². The van der Waals surface area contributed by atoms with Gasteiger partial charge in [-0.15, -0.1) is 0 Å². The molecule has 0 aliphatic carbocycles. The third-order valence-electron chi connectivity index (χ3n) is 2.63. The number of hydrogen-bond acceptors (Lipinski definition) is 5. The smallest absolute Gasteiger partial charge is 0.245 e. The number of carbonyl (C=O) groups is 3. The first-order chi connectivity index (χ1) is 10.6. The Kier molecular flexibility index (Phi) is 6.24. The highest BCUT2D eigenvalue weighted by Crippen LogP contribution is 2.31. The van der Waals surface area contributed by atoms with Gasteiger partial charge in [-0.05, 0) is 11.6 Å². The van der Waals surface area contributed by atoms with Gasteiger partial charge in [0.05, 0.1) is 0 Å². The Morgan fingerprint density at radius 3 is 1.41 bits per heavy atom. The number of rotatable bonds is 5. The van der Waals surface area contributed by atoms with Crippen molar-refractivity contribution in [2.45, 2.75) is 4.58 Å². The van der Waals surface area contributed by atoms with Crippen LogP contribution in [0.5, 0.6) is 0 Å². The summed E-state index contributed by atoms with van der Waals surface area (Å²) in [4.78, 5) is 35.7. The lowest BCUT2D eigenvalue weighted by Gasteiger charge is -2.10. The van der Waals surface area contributed by atoms with E-state index < -0.39 is 9.82 Å². The molecule has 0 fully saturated rings. The first kappa shape index (κ1) is 16.8. The van der Waals surface area contributed by atoms with Crippen molar-refractivity contribution in [1.82, 2.24) is 0 Å². The molecular weight excluding hydrogens is 340 g/mol. The number of halogens is 1. The van der Waals surface area contributed by atoms with Gasteiger partial charge in [-0.2, -0.15) is 0 Å². The van der Waals surface area contributed by atoms with E-state index >= 15 is 0 Å². The number of hydrogen-bond donors (Lipinski definition) is 0. The second-order valence-corrected chi connectivity index (χ2v) is 7.01. The number of benzene rings is 2. The molecule has 2 aromatic carbocycles. The second-order valence-electron chi connectivity index (χ2n) is 4.18.